The Morgan fingerprint density at radius 3 is 2.41 bits per heavy atom. The number of ether oxygens (including phenoxy) is 2. The van der Waals surface area contributed by atoms with Crippen LogP contribution in [0.25, 0.3) is 0 Å². The number of nitrogens with zero attached hydrogens (tertiary/aromatic N) is 1. The molecule has 0 aliphatic heterocycles. The lowest BCUT2D eigenvalue weighted by Gasteiger charge is -2.13. The lowest BCUT2D eigenvalue weighted by Crippen LogP contribution is -2.20. The molecule has 0 bridgehead atoms. The van der Waals surface area contributed by atoms with E-state index >= 15 is 0 Å². The first-order valence-electron chi connectivity index (χ1n) is 9.92. The largest absolute Gasteiger partial charge is 0.493 e. The van der Waals surface area contributed by atoms with Crippen LogP contribution in [0.3, 0.4) is 0 Å². The minimum atomic E-state index is -0.396. The molecule has 3 rings (SSSR count). The Kier molecular flexibility index (Phi) is 8.76. The smallest absolute Gasteiger partial charge is 0.271 e. The first-order valence-corrected chi connectivity index (χ1v) is 11.1. The summed E-state index contributed by atoms with van der Waals surface area (Å²) in [4.78, 5) is 24.4. The van der Waals surface area contributed by atoms with Gasteiger partial charge in [0.15, 0.2) is 18.1 Å². The molecule has 0 saturated carbocycles. The molecule has 0 fully saturated rings. The molecule has 0 spiro atoms. The molecule has 0 aliphatic rings. The Morgan fingerprint density at radius 2 is 1.74 bits per heavy atom. The van der Waals surface area contributed by atoms with E-state index in [9.17, 15) is 9.59 Å². The van der Waals surface area contributed by atoms with Crippen LogP contribution in [-0.2, 0) is 4.79 Å². The molecule has 0 aromatic heterocycles. The molecule has 0 saturated heterocycles. The molecular formula is C24H20Cl3N3O4. The predicted molar refractivity (Wildman–Crippen MR) is 135 cm³/mol. The zero-order valence-corrected chi connectivity index (χ0v) is 20.5. The molecule has 2 N–H and O–H groups in total. The van der Waals surface area contributed by atoms with Crippen molar-refractivity contribution in [3.63, 3.8) is 0 Å². The van der Waals surface area contributed by atoms with Crippen molar-refractivity contribution in [3.05, 3.63) is 86.4 Å². The molecule has 0 atom stereocenters. The van der Waals surface area contributed by atoms with Crippen LogP contribution in [0.4, 0.5) is 5.69 Å². The van der Waals surface area contributed by atoms with Crippen molar-refractivity contribution in [3.8, 4) is 11.5 Å². The van der Waals surface area contributed by atoms with Crippen LogP contribution in [0.5, 0.6) is 11.5 Å². The van der Waals surface area contributed by atoms with Gasteiger partial charge in [-0.05, 0) is 66.6 Å². The Morgan fingerprint density at radius 1 is 1.00 bits per heavy atom. The summed E-state index contributed by atoms with van der Waals surface area (Å²) >= 11 is 18.2. The van der Waals surface area contributed by atoms with Crippen LogP contribution in [0.1, 0.15) is 21.5 Å². The van der Waals surface area contributed by atoms with Crippen molar-refractivity contribution in [1.82, 2.24) is 5.43 Å². The van der Waals surface area contributed by atoms with Gasteiger partial charge in [0.05, 0.1) is 18.3 Å². The Bertz CT molecular complexity index is 1230. The number of hydrogen-bond donors (Lipinski definition) is 2. The number of hydrogen-bond acceptors (Lipinski definition) is 5. The van der Waals surface area contributed by atoms with E-state index in [1.54, 1.807) is 54.6 Å². The molecule has 0 aliphatic carbocycles. The van der Waals surface area contributed by atoms with Crippen LogP contribution in [0.15, 0.2) is 59.7 Å². The van der Waals surface area contributed by atoms with Gasteiger partial charge in [-0.2, -0.15) is 5.10 Å². The summed E-state index contributed by atoms with van der Waals surface area (Å²) in [5, 5.41) is 7.92. The summed E-state index contributed by atoms with van der Waals surface area (Å²) in [6, 6.07) is 14.8. The van der Waals surface area contributed by atoms with Crippen molar-refractivity contribution in [2.24, 2.45) is 5.10 Å². The highest BCUT2D eigenvalue weighted by Crippen LogP contribution is 2.36. The number of carbonyl (C=O) groups is 2. The standard InChI is InChI=1S/C24H20Cl3N3O4/c1-14-3-8-18(11-19(14)26)29-22(31)13-34-23-20(27)9-15(10-21(23)33-2)12-28-30-24(32)16-4-6-17(25)7-5-16/h3-12H,13H2,1-2H3,(H,29,31)(H,30,32)/b28-12+. The van der Waals surface area contributed by atoms with E-state index < -0.39 is 11.8 Å². The quantitative estimate of drug-likeness (QED) is 0.293. The summed E-state index contributed by atoms with van der Waals surface area (Å²) < 4.78 is 10.9. The fourth-order valence-corrected chi connectivity index (χ4v) is 3.37. The van der Waals surface area contributed by atoms with E-state index in [-0.39, 0.29) is 17.4 Å². The lowest BCUT2D eigenvalue weighted by molar-refractivity contribution is -0.118. The van der Waals surface area contributed by atoms with Crippen molar-refractivity contribution in [2.45, 2.75) is 6.92 Å². The van der Waals surface area contributed by atoms with E-state index in [2.05, 4.69) is 15.8 Å². The molecule has 34 heavy (non-hydrogen) atoms. The van der Waals surface area contributed by atoms with Crippen LogP contribution in [0, 0.1) is 6.92 Å². The second kappa shape index (κ2) is 11.7. The molecule has 0 unspecified atom stereocenters. The maximum Gasteiger partial charge on any atom is 0.271 e. The minimum absolute atomic E-state index is 0.198. The number of anilines is 1. The molecule has 7 nitrogen and oxygen atoms in total. The molecule has 10 heteroatoms. The van der Waals surface area contributed by atoms with E-state index in [1.807, 2.05) is 6.92 Å². The van der Waals surface area contributed by atoms with Gasteiger partial charge in [0, 0.05) is 21.3 Å². The van der Waals surface area contributed by atoms with Crippen molar-refractivity contribution in [2.75, 3.05) is 19.0 Å². The number of amides is 2. The van der Waals surface area contributed by atoms with Gasteiger partial charge >= 0.3 is 0 Å². The summed E-state index contributed by atoms with van der Waals surface area (Å²) in [5.74, 6) is -0.298. The van der Waals surface area contributed by atoms with E-state index in [1.165, 1.54) is 13.3 Å². The van der Waals surface area contributed by atoms with Crippen LogP contribution in [0.2, 0.25) is 15.1 Å². The monoisotopic (exact) mass is 519 g/mol. The molecule has 176 valence electrons. The van der Waals surface area contributed by atoms with Gasteiger partial charge in [0.25, 0.3) is 11.8 Å². The van der Waals surface area contributed by atoms with Gasteiger partial charge in [0.2, 0.25) is 0 Å². The average Bonchev–Trinajstić information content (AvgIpc) is 2.80. The number of rotatable bonds is 8. The first kappa shape index (κ1) is 25.4. The average molecular weight is 521 g/mol. The van der Waals surface area contributed by atoms with Crippen LogP contribution in [-0.4, -0.2) is 31.7 Å². The normalized spacial score (nSPS) is 10.7. The molecule has 2 amide bonds. The molecular weight excluding hydrogens is 501 g/mol. The third-order valence-corrected chi connectivity index (χ3v) is 5.48. The first-order chi connectivity index (χ1) is 16.3. The summed E-state index contributed by atoms with van der Waals surface area (Å²) in [7, 11) is 1.44. The second-order valence-electron chi connectivity index (χ2n) is 7.04. The fourth-order valence-electron chi connectivity index (χ4n) is 2.79. The zero-order chi connectivity index (χ0) is 24.7. The van der Waals surface area contributed by atoms with Gasteiger partial charge in [-0.1, -0.05) is 40.9 Å². The number of aryl methyl sites for hydroxylation is 1. The lowest BCUT2D eigenvalue weighted by atomic mass is 10.2. The van der Waals surface area contributed by atoms with Crippen molar-refractivity contribution >= 4 is 58.5 Å². The highest BCUT2D eigenvalue weighted by molar-refractivity contribution is 6.32. The van der Waals surface area contributed by atoms with Crippen LogP contribution < -0.4 is 20.2 Å². The zero-order valence-electron chi connectivity index (χ0n) is 18.2. The number of benzene rings is 3. The predicted octanol–water partition coefficient (Wildman–Crippen LogP) is 5.75. The number of hydrazone groups is 1. The molecule has 0 heterocycles. The fraction of sp³-hybridized carbons (Fsp3) is 0.125. The SMILES string of the molecule is COc1cc(/C=N/NC(=O)c2ccc(Cl)cc2)cc(Cl)c1OCC(=O)Nc1ccc(C)c(Cl)c1. The van der Waals surface area contributed by atoms with Gasteiger partial charge in [0.1, 0.15) is 0 Å². The summed E-state index contributed by atoms with van der Waals surface area (Å²) in [6.45, 7) is 1.57. The number of halogens is 3. The van der Waals surface area contributed by atoms with Crippen LogP contribution >= 0.6 is 34.8 Å². The van der Waals surface area contributed by atoms with E-state index in [0.29, 0.717) is 32.6 Å². The molecule has 0 radical (unpaired) electrons. The molecule has 3 aromatic carbocycles. The van der Waals surface area contributed by atoms with Crippen molar-refractivity contribution < 1.29 is 19.1 Å². The van der Waals surface area contributed by atoms with Crippen molar-refractivity contribution in [1.29, 1.82) is 0 Å². The summed E-state index contributed by atoms with van der Waals surface area (Å²) in [6.07, 6.45) is 1.40. The van der Waals surface area contributed by atoms with Gasteiger partial charge in [-0.15, -0.1) is 0 Å². The maximum atomic E-state index is 12.3. The highest BCUT2D eigenvalue weighted by Gasteiger charge is 2.14. The minimum Gasteiger partial charge on any atom is -0.493 e. The maximum absolute atomic E-state index is 12.3. The van der Waals surface area contributed by atoms with Gasteiger partial charge in [-0.25, -0.2) is 5.43 Å². The third kappa shape index (κ3) is 6.87. The Labute approximate surface area is 211 Å². The van der Waals surface area contributed by atoms with E-state index in [0.717, 1.165) is 5.56 Å². The number of nitrogens with one attached hydrogen (secondary N) is 2. The van der Waals surface area contributed by atoms with Gasteiger partial charge in [-0.3, -0.25) is 9.59 Å². The van der Waals surface area contributed by atoms with Gasteiger partial charge < -0.3 is 14.8 Å². The Hall–Kier alpha value is -3.26. The molecule has 3 aromatic rings. The van der Waals surface area contributed by atoms with E-state index in [4.69, 9.17) is 44.3 Å². The summed E-state index contributed by atoms with van der Waals surface area (Å²) in [5.41, 5.74) is 4.83. The third-order valence-electron chi connectivity index (χ3n) is 4.54. The number of methoxy groups -OCH3 is 1. The number of carbonyl (C=O) groups excluding carboxylic acids is 2. The topological polar surface area (TPSA) is 89.0 Å². The second-order valence-corrected chi connectivity index (χ2v) is 8.29. The highest BCUT2D eigenvalue weighted by atomic mass is 35.5. The Balaban J connectivity index is 1.62.